The summed E-state index contributed by atoms with van der Waals surface area (Å²) >= 11 is 0. The Morgan fingerprint density at radius 3 is 2.81 bits per heavy atom. The fourth-order valence-corrected chi connectivity index (χ4v) is 4.03. The van der Waals surface area contributed by atoms with Crippen LogP contribution in [0.3, 0.4) is 0 Å². The first-order valence-corrected chi connectivity index (χ1v) is 9.28. The molecule has 2 aliphatic rings. The number of hydrogen-bond donors (Lipinski definition) is 2. The van der Waals surface area contributed by atoms with E-state index in [0.29, 0.717) is 11.7 Å². The van der Waals surface area contributed by atoms with Gasteiger partial charge in [-0.2, -0.15) is 0 Å². The molecule has 0 unspecified atom stereocenters. The Kier molecular flexibility index (Phi) is 5.94. The Bertz CT molecular complexity index is 782. The third-order valence-corrected chi connectivity index (χ3v) is 5.44. The lowest BCUT2D eigenvalue weighted by Crippen LogP contribution is -2.30. The first kappa shape index (κ1) is 18.9. The molecule has 7 heteroatoms. The molecule has 1 aliphatic heterocycles. The van der Waals surface area contributed by atoms with Crippen LogP contribution in [-0.4, -0.2) is 34.0 Å². The molecule has 1 amide bonds. The third kappa shape index (κ3) is 3.62. The van der Waals surface area contributed by atoms with Crippen LogP contribution in [0.4, 0.5) is 5.69 Å². The van der Waals surface area contributed by atoms with Crippen LogP contribution in [-0.2, 0) is 12.8 Å². The maximum Gasteiger partial charge on any atom is 0.278 e. The molecule has 6 nitrogen and oxygen atoms in total. The van der Waals surface area contributed by atoms with E-state index < -0.39 is 0 Å². The van der Waals surface area contributed by atoms with Gasteiger partial charge in [-0.25, -0.2) is 4.68 Å². The highest BCUT2D eigenvalue weighted by molar-refractivity contribution is 6.04. The summed E-state index contributed by atoms with van der Waals surface area (Å²) in [4.78, 5) is 12.8. The minimum Gasteiger partial charge on any atom is -0.320 e. The Labute approximate surface area is 160 Å². The summed E-state index contributed by atoms with van der Waals surface area (Å²) in [6.45, 7) is 3.92. The molecule has 4 rings (SSSR count). The Hall–Kier alpha value is -1.92. The molecule has 1 aromatic heterocycles. The van der Waals surface area contributed by atoms with Crippen LogP contribution >= 0.6 is 12.4 Å². The fourth-order valence-electron chi connectivity index (χ4n) is 4.03. The van der Waals surface area contributed by atoms with Gasteiger partial charge in [0.05, 0.1) is 11.7 Å². The number of halogens is 1. The first-order valence-electron chi connectivity index (χ1n) is 9.28. The van der Waals surface area contributed by atoms with Gasteiger partial charge in [0, 0.05) is 5.69 Å². The van der Waals surface area contributed by atoms with Crippen molar-refractivity contribution >= 4 is 24.0 Å². The van der Waals surface area contributed by atoms with Crippen molar-refractivity contribution in [3.05, 3.63) is 40.7 Å². The number of rotatable bonds is 3. The normalized spacial score (nSPS) is 17.3. The minimum absolute atomic E-state index is 0. The zero-order valence-corrected chi connectivity index (χ0v) is 15.9. The Morgan fingerprint density at radius 1 is 1.23 bits per heavy atom. The summed E-state index contributed by atoms with van der Waals surface area (Å²) in [7, 11) is 0. The van der Waals surface area contributed by atoms with Crippen LogP contribution in [0.2, 0.25) is 0 Å². The molecule has 2 heterocycles. The summed E-state index contributed by atoms with van der Waals surface area (Å²) in [5, 5.41) is 14.9. The topological polar surface area (TPSA) is 71.8 Å². The van der Waals surface area contributed by atoms with Crippen LogP contribution in [0.25, 0.3) is 0 Å². The lowest BCUT2D eigenvalue weighted by Gasteiger charge is -2.23. The number of nitrogens with zero attached hydrogens (tertiary/aromatic N) is 3. The van der Waals surface area contributed by atoms with E-state index >= 15 is 0 Å². The van der Waals surface area contributed by atoms with Gasteiger partial charge in [0.25, 0.3) is 5.91 Å². The van der Waals surface area contributed by atoms with E-state index in [1.165, 1.54) is 24.0 Å². The van der Waals surface area contributed by atoms with Gasteiger partial charge in [-0.3, -0.25) is 4.79 Å². The Morgan fingerprint density at radius 2 is 2.00 bits per heavy atom. The van der Waals surface area contributed by atoms with Gasteiger partial charge in [-0.05, 0) is 75.7 Å². The average molecular weight is 376 g/mol. The van der Waals surface area contributed by atoms with Gasteiger partial charge in [-0.15, -0.1) is 17.5 Å². The highest BCUT2D eigenvalue weighted by Gasteiger charge is 2.23. The SMILES string of the molecule is Cc1c(C(=O)Nc2cccc3c2CCCC3)nnn1C1CCNCC1.Cl. The highest BCUT2D eigenvalue weighted by atomic mass is 35.5. The maximum absolute atomic E-state index is 12.8. The van der Waals surface area contributed by atoms with Crippen LogP contribution in [0, 0.1) is 6.92 Å². The predicted molar refractivity (Wildman–Crippen MR) is 104 cm³/mol. The number of amides is 1. The number of piperidine rings is 1. The van der Waals surface area contributed by atoms with Gasteiger partial charge in [0.1, 0.15) is 0 Å². The zero-order valence-electron chi connectivity index (χ0n) is 15.1. The number of benzene rings is 1. The number of carbonyl (C=O) groups excluding carboxylic acids is 1. The monoisotopic (exact) mass is 375 g/mol. The number of fused-ring (bicyclic) bond motifs is 1. The number of nitrogens with one attached hydrogen (secondary N) is 2. The molecule has 0 spiro atoms. The van der Waals surface area contributed by atoms with Crippen molar-refractivity contribution in [1.29, 1.82) is 0 Å². The molecule has 0 radical (unpaired) electrons. The largest absolute Gasteiger partial charge is 0.320 e. The van der Waals surface area contributed by atoms with Crippen LogP contribution in [0.15, 0.2) is 18.2 Å². The molecule has 1 fully saturated rings. The maximum atomic E-state index is 12.8. The average Bonchev–Trinajstić information content (AvgIpc) is 3.04. The van der Waals surface area contributed by atoms with E-state index in [-0.39, 0.29) is 18.3 Å². The molecule has 2 N–H and O–H groups in total. The first-order chi connectivity index (χ1) is 12.2. The molecule has 2 aromatic rings. The van der Waals surface area contributed by atoms with Crippen LogP contribution in [0.5, 0.6) is 0 Å². The molecule has 140 valence electrons. The third-order valence-electron chi connectivity index (χ3n) is 5.44. The smallest absolute Gasteiger partial charge is 0.278 e. The van der Waals surface area contributed by atoms with Gasteiger partial charge < -0.3 is 10.6 Å². The van der Waals surface area contributed by atoms with Crippen molar-refractivity contribution in [2.24, 2.45) is 0 Å². The van der Waals surface area contributed by atoms with Crippen molar-refractivity contribution in [1.82, 2.24) is 20.3 Å². The second-order valence-corrected chi connectivity index (χ2v) is 7.05. The van der Waals surface area contributed by atoms with E-state index in [9.17, 15) is 4.79 Å². The molecular formula is C19H26ClN5O. The van der Waals surface area contributed by atoms with E-state index in [1.54, 1.807) is 0 Å². The van der Waals surface area contributed by atoms with Crippen molar-refractivity contribution in [3.8, 4) is 0 Å². The molecule has 1 saturated heterocycles. The van der Waals surface area contributed by atoms with Crippen molar-refractivity contribution in [2.45, 2.75) is 51.5 Å². The number of aromatic nitrogens is 3. The van der Waals surface area contributed by atoms with Crippen molar-refractivity contribution in [2.75, 3.05) is 18.4 Å². The van der Waals surface area contributed by atoms with E-state index in [2.05, 4.69) is 27.0 Å². The van der Waals surface area contributed by atoms with Gasteiger partial charge in [-0.1, -0.05) is 17.3 Å². The summed E-state index contributed by atoms with van der Waals surface area (Å²) < 4.78 is 1.93. The van der Waals surface area contributed by atoms with Gasteiger partial charge >= 0.3 is 0 Å². The second-order valence-electron chi connectivity index (χ2n) is 7.05. The lowest BCUT2D eigenvalue weighted by molar-refractivity contribution is 0.102. The van der Waals surface area contributed by atoms with Crippen molar-refractivity contribution < 1.29 is 4.79 Å². The summed E-state index contributed by atoms with van der Waals surface area (Å²) in [6, 6.07) is 6.52. The second kappa shape index (κ2) is 8.18. The summed E-state index contributed by atoms with van der Waals surface area (Å²) in [5.41, 5.74) is 4.86. The van der Waals surface area contributed by atoms with E-state index in [0.717, 1.165) is 50.2 Å². The highest BCUT2D eigenvalue weighted by Crippen LogP contribution is 2.28. The zero-order chi connectivity index (χ0) is 17.2. The molecule has 0 saturated carbocycles. The number of hydrogen-bond acceptors (Lipinski definition) is 4. The van der Waals surface area contributed by atoms with Gasteiger partial charge in [0.15, 0.2) is 5.69 Å². The number of aryl methyl sites for hydroxylation is 1. The fraction of sp³-hybridized carbons (Fsp3) is 0.526. The van der Waals surface area contributed by atoms with E-state index in [1.807, 2.05) is 23.7 Å². The summed E-state index contributed by atoms with van der Waals surface area (Å²) in [6.07, 6.45) is 6.60. The Balaban J connectivity index is 0.00000196. The van der Waals surface area contributed by atoms with Crippen molar-refractivity contribution in [3.63, 3.8) is 0 Å². The molecule has 0 atom stereocenters. The quantitative estimate of drug-likeness (QED) is 0.864. The molecule has 1 aliphatic carbocycles. The van der Waals surface area contributed by atoms with E-state index in [4.69, 9.17) is 0 Å². The standard InChI is InChI=1S/C19H25N5O.ClH/c1-13-18(22-23-24(13)15-9-11-20-12-10-15)19(25)21-17-8-4-6-14-5-2-3-7-16(14)17;/h4,6,8,15,20H,2-3,5,7,9-12H2,1H3,(H,21,25);1H. The van der Waals surface area contributed by atoms with Crippen LogP contribution in [0.1, 0.15) is 59.0 Å². The number of anilines is 1. The molecular weight excluding hydrogens is 350 g/mol. The predicted octanol–water partition coefficient (Wildman–Crippen LogP) is 3.06. The van der Waals surface area contributed by atoms with Gasteiger partial charge in [0.2, 0.25) is 0 Å². The number of carbonyl (C=O) groups is 1. The molecule has 1 aromatic carbocycles. The molecule has 26 heavy (non-hydrogen) atoms. The van der Waals surface area contributed by atoms with Crippen LogP contribution < -0.4 is 10.6 Å². The lowest BCUT2D eigenvalue weighted by atomic mass is 9.90. The minimum atomic E-state index is -0.156. The summed E-state index contributed by atoms with van der Waals surface area (Å²) in [5.74, 6) is -0.156. The molecule has 0 bridgehead atoms.